The number of benzene rings is 1. The van der Waals surface area contributed by atoms with Crippen LogP contribution in [-0.4, -0.2) is 5.11 Å². The second kappa shape index (κ2) is 3.64. The number of rotatable bonds is 3. The topological polar surface area (TPSA) is 20.2 Å². The fourth-order valence-electron chi connectivity index (χ4n) is 2.33. The molecule has 1 saturated carbocycles. The minimum Gasteiger partial charge on any atom is -0.385 e. The van der Waals surface area contributed by atoms with Crippen molar-refractivity contribution in [1.29, 1.82) is 0 Å². The van der Waals surface area contributed by atoms with E-state index in [2.05, 4.69) is 32.0 Å². The van der Waals surface area contributed by atoms with E-state index in [1.807, 2.05) is 13.0 Å². The Bertz CT molecular complexity index is 348. The molecule has 0 heterocycles. The van der Waals surface area contributed by atoms with E-state index in [1.165, 1.54) is 18.4 Å². The molecule has 1 aliphatic rings. The molecule has 0 amide bonds. The molecule has 0 aliphatic heterocycles. The molecule has 1 aromatic carbocycles. The Kier molecular flexibility index (Phi) is 2.59. The molecule has 0 saturated heterocycles. The zero-order chi connectivity index (χ0) is 11.1. The Morgan fingerprint density at radius 3 is 2.40 bits per heavy atom. The summed E-state index contributed by atoms with van der Waals surface area (Å²) in [6, 6.07) is 8.30. The molecular weight excluding hydrogens is 184 g/mol. The highest BCUT2D eigenvalue weighted by Crippen LogP contribution is 2.47. The van der Waals surface area contributed by atoms with Crippen molar-refractivity contribution in [3.05, 3.63) is 35.4 Å². The number of aliphatic hydroxyl groups is 1. The van der Waals surface area contributed by atoms with Crippen LogP contribution in [0, 0.1) is 5.92 Å². The molecule has 1 N–H and O–H groups in total. The van der Waals surface area contributed by atoms with Gasteiger partial charge >= 0.3 is 0 Å². The maximum absolute atomic E-state index is 10.6. The third-order valence-electron chi connectivity index (χ3n) is 3.50. The Morgan fingerprint density at radius 2 is 1.87 bits per heavy atom. The van der Waals surface area contributed by atoms with Gasteiger partial charge in [0.05, 0.1) is 5.60 Å². The van der Waals surface area contributed by atoms with E-state index < -0.39 is 5.60 Å². The summed E-state index contributed by atoms with van der Waals surface area (Å²) in [6.45, 7) is 6.33. The van der Waals surface area contributed by atoms with E-state index in [1.54, 1.807) is 0 Å². The summed E-state index contributed by atoms with van der Waals surface area (Å²) in [4.78, 5) is 0. The molecule has 1 unspecified atom stereocenters. The lowest BCUT2D eigenvalue weighted by Crippen LogP contribution is -2.25. The summed E-state index contributed by atoms with van der Waals surface area (Å²) < 4.78 is 0. The van der Waals surface area contributed by atoms with E-state index in [0.717, 1.165) is 5.56 Å². The fourth-order valence-corrected chi connectivity index (χ4v) is 2.33. The highest BCUT2D eigenvalue weighted by atomic mass is 16.3. The van der Waals surface area contributed by atoms with Gasteiger partial charge in [-0.2, -0.15) is 0 Å². The van der Waals surface area contributed by atoms with Crippen molar-refractivity contribution >= 4 is 0 Å². The molecule has 15 heavy (non-hydrogen) atoms. The van der Waals surface area contributed by atoms with Gasteiger partial charge in [-0.25, -0.2) is 0 Å². The molecule has 0 radical (unpaired) electrons. The van der Waals surface area contributed by atoms with Crippen molar-refractivity contribution in [1.82, 2.24) is 0 Å². The zero-order valence-electron chi connectivity index (χ0n) is 9.83. The maximum Gasteiger partial charge on any atom is 0.0899 e. The van der Waals surface area contributed by atoms with Crippen LogP contribution in [0.4, 0.5) is 0 Å². The maximum atomic E-state index is 10.6. The lowest BCUT2D eigenvalue weighted by atomic mass is 9.84. The molecular formula is C14H20O. The van der Waals surface area contributed by atoms with E-state index in [9.17, 15) is 5.11 Å². The van der Waals surface area contributed by atoms with Gasteiger partial charge in [0.1, 0.15) is 0 Å². The second-order valence-corrected chi connectivity index (χ2v) is 5.16. The Balaban J connectivity index is 2.42. The minimum absolute atomic E-state index is 0.470. The molecule has 0 spiro atoms. The van der Waals surface area contributed by atoms with Gasteiger partial charge in [-0.1, -0.05) is 38.1 Å². The zero-order valence-corrected chi connectivity index (χ0v) is 9.83. The van der Waals surface area contributed by atoms with Crippen molar-refractivity contribution in [3.8, 4) is 0 Å². The third kappa shape index (κ3) is 1.93. The van der Waals surface area contributed by atoms with E-state index in [4.69, 9.17) is 0 Å². The van der Waals surface area contributed by atoms with Crippen molar-refractivity contribution in [2.24, 2.45) is 5.92 Å². The first-order valence-corrected chi connectivity index (χ1v) is 5.85. The lowest BCUT2D eigenvalue weighted by Gasteiger charge is -2.27. The van der Waals surface area contributed by atoms with Crippen LogP contribution in [0.3, 0.4) is 0 Å². The van der Waals surface area contributed by atoms with Crippen LogP contribution in [0.15, 0.2) is 24.3 Å². The van der Waals surface area contributed by atoms with Gasteiger partial charge in [-0.3, -0.25) is 0 Å². The van der Waals surface area contributed by atoms with Crippen LogP contribution in [0.5, 0.6) is 0 Å². The molecule has 0 bridgehead atoms. The summed E-state index contributed by atoms with van der Waals surface area (Å²) >= 11 is 0. The van der Waals surface area contributed by atoms with Gasteiger partial charge in [0.25, 0.3) is 0 Å². The summed E-state index contributed by atoms with van der Waals surface area (Å²) in [7, 11) is 0. The molecule has 1 aromatic rings. The average Bonchev–Trinajstić information content (AvgIpc) is 3.01. The van der Waals surface area contributed by atoms with Gasteiger partial charge in [0.15, 0.2) is 0 Å². The summed E-state index contributed by atoms with van der Waals surface area (Å²) in [6.07, 6.45) is 2.33. The molecule has 1 fully saturated rings. The van der Waals surface area contributed by atoms with Crippen molar-refractivity contribution in [3.63, 3.8) is 0 Å². The molecule has 1 nitrogen and oxygen atoms in total. The van der Waals surface area contributed by atoms with Gasteiger partial charge in [-0.05, 0) is 42.7 Å². The van der Waals surface area contributed by atoms with Crippen molar-refractivity contribution in [2.45, 2.75) is 45.1 Å². The Labute approximate surface area is 92.1 Å². The minimum atomic E-state index is -0.624. The normalized spacial score (nSPS) is 20.3. The second-order valence-electron chi connectivity index (χ2n) is 5.16. The lowest BCUT2D eigenvalue weighted by molar-refractivity contribution is 0.0319. The Hall–Kier alpha value is -0.820. The smallest absolute Gasteiger partial charge is 0.0899 e. The predicted octanol–water partition coefficient (Wildman–Crippen LogP) is 3.43. The SMILES string of the molecule is CC(C)c1ccccc1C(C)(O)C1CC1. The fraction of sp³-hybridized carbons (Fsp3) is 0.571. The summed E-state index contributed by atoms with van der Waals surface area (Å²) in [5, 5.41) is 10.6. The van der Waals surface area contributed by atoms with Gasteiger partial charge in [0, 0.05) is 0 Å². The first kappa shape index (κ1) is 10.7. The number of hydrogen-bond acceptors (Lipinski definition) is 1. The van der Waals surface area contributed by atoms with Gasteiger partial charge in [0.2, 0.25) is 0 Å². The molecule has 1 aliphatic carbocycles. The molecule has 0 aromatic heterocycles. The highest BCUT2D eigenvalue weighted by Gasteiger charge is 2.42. The van der Waals surface area contributed by atoms with E-state index >= 15 is 0 Å². The van der Waals surface area contributed by atoms with Crippen LogP contribution in [0.2, 0.25) is 0 Å². The average molecular weight is 204 g/mol. The first-order chi connectivity index (χ1) is 7.03. The van der Waals surface area contributed by atoms with E-state index in [-0.39, 0.29) is 0 Å². The molecule has 1 heteroatoms. The largest absolute Gasteiger partial charge is 0.385 e. The van der Waals surface area contributed by atoms with Crippen LogP contribution >= 0.6 is 0 Å². The first-order valence-electron chi connectivity index (χ1n) is 5.85. The predicted molar refractivity (Wildman–Crippen MR) is 62.8 cm³/mol. The summed E-state index contributed by atoms with van der Waals surface area (Å²) in [5.74, 6) is 0.948. The molecule has 1 atom stereocenters. The molecule has 2 rings (SSSR count). The van der Waals surface area contributed by atoms with Crippen LogP contribution in [-0.2, 0) is 5.60 Å². The third-order valence-corrected chi connectivity index (χ3v) is 3.50. The van der Waals surface area contributed by atoms with Crippen LogP contribution in [0.25, 0.3) is 0 Å². The van der Waals surface area contributed by atoms with Gasteiger partial charge in [-0.15, -0.1) is 0 Å². The standard InChI is InChI=1S/C14H20O/c1-10(2)12-6-4-5-7-13(12)14(3,15)11-8-9-11/h4-7,10-11,15H,8-9H2,1-3H3. The van der Waals surface area contributed by atoms with Crippen LogP contribution < -0.4 is 0 Å². The van der Waals surface area contributed by atoms with Gasteiger partial charge < -0.3 is 5.11 Å². The van der Waals surface area contributed by atoms with Crippen LogP contribution in [0.1, 0.15) is 50.7 Å². The monoisotopic (exact) mass is 204 g/mol. The molecule has 82 valence electrons. The summed E-state index contributed by atoms with van der Waals surface area (Å²) in [5.41, 5.74) is 1.79. The quantitative estimate of drug-likeness (QED) is 0.799. The Morgan fingerprint density at radius 1 is 1.27 bits per heavy atom. The highest BCUT2D eigenvalue weighted by molar-refractivity contribution is 5.35. The van der Waals surface area contributed by atoms with Crippen molar-refractivity contribution in [2.75, 3.05) is 0 Å². The van der Waals surface area contributed by atoms with E-state index in [0.29, 0.717) is 11.8 Å². The number of hydrogen-bond donors (Lipinski definition) is 1. The van der Waals surface area contributed by atoms with Crippen molar-refractivity contribution < 1.29 is 5.11 Å².